The molecule has 0 aliphatic heterocycles. The summed E-state index contributed by atoms with van der Waals surface area (Å²) in [5, 5.41) is 10.6. The van der Waals surface area contributed by atoms with E-state index in [1.54, 1.807) is 0 Å². The molecule has 0 aromatic carbocycles. The maximum Gasteiger partial charge on any atom is 0.472 e. The Balaban J connectivity index is 5.24. The first-order valence-electron chi connectivity index (χ1n) is 35.3. The monoisotopic (exact) mass is 1280 g/mol. The molecule has 0 radical (unpaired) electrons. The fraction of sp³-hybridized carbons (Fsp3) is 0.941. The maximum atomic E-state index is 13.0. The highest BCUT2D eigenvalue weighted by Crippen LogP contribution is 2.45. The second-order valence-corrected chi connectivity index (χ2v) is 28.9. The highest BCUT2D eigenvalue weighted by molar-refractivity contribution is 7.47. The predicted octanol–water partition coefficient (Wildman–Crippen LogP) is 19.1. The highest BCUT2D eigenvalue weighted by Gasteiger charge is 2.30. The third kappa shape index (κ3) is 62.6. The lowest BCUT2D eigenvalue weighted by molar-refractivity contribution is -0.161. The molecular weight excluding hydrogens is 1150 g/mol. The third-order valence-corrected chi connectivity index (χ3v) is 17.5. The first-order chi connectivity index (χ1) is 41.7. The Labute approximate surface area is 530 Å². The number of phosphoric ester groups is 2. The van der Waals surface area contributed by atoms with Gasteiger partial charge in [0.1, 0.15) is 19.3 Å². The third-order valence-electron chi connectivity index (χ3n) is 15.6. The van der Waals surface area contributed by atoms with Gasteiger partial charge in [0.05, 0.1) is 26.4 Å². The molecule has 0 amide bonds. The normalized spacial score (nSPS) is 14.3. The number of aliphatic hydroxyl groups excluding tert-OH is 1. The lowest BCUT2D eigenvalue weighted by Gasteiger charge is -2.21. The molecule has 0 aromatic heterocycles. The van der Waals surface area contributed by atoms with Gasteiger partial charge in [0.15, 0.2) is 12.2 Å². The molecule has 0 saturated heterocycles. The zero-order valence-electron chi connectivity index (χ0n) is 56.5. The van der Waals surface area contributed by atoms with Crippen molar-refractivity contribution in [2.24, 2.45) is 17.8 Å². The van der Waals surface area contributed by atoms with E-state index in [2.05, 4.69) is 48.5 Å². The van der Waals surface area contributed by atoms with Crippen LogP contribution in [-0.2, 0) is 65.4 Å². The van der Waals surface area contributed by atoms with Gasteiger partial charge in [-0.3, -0.25) is 37.3 Å². The molecule has 0 fully saturated rings. The number of carbonyl (C=O) groups excluding carboxylic acids is 4. The first kappa shape index (κ1) is 85.1. The lowest BCUT2D eigenvalue weighted by Crippen LogP contribution is -2.30. The van der Waals surface area contributed by atoms with E-state index in [0.29, 0.717) is 31.6 Å². The Hall–Kier alpha value is -1.94. The average molecular weight is 1280 g/mol. The summed E-state index contributed by atoms with van der Waals surface area (Å²) in [5.74, 6) is 0.0992. The minimum atomic E-state index is -4.95. The minimum absolute atomic E-state index is 0.103. The van der Waals surface area contributed by atoms with Crippen LogP contribution in [0.15, 0.2) is 0 Å². The molecule has 0 aliphatic carbocycles. The van der Waals surface area contributed by atoms with E-state index in [0.717, 1.165) is 102 Å². The Bertz CT molecular complexity index is 1720. The van der Waals surface area contributed by atoms with Gasteiger partial charge >= 0.3 is 39.5 Å². The predicted molar refractivity (Wildman–Crippen MR) is 349 cm³/mol. The molecule has 0 aromatic rings. The molecule has 0 rings (SSSR count). The van der Waals surface area contributed by atoms with Gasteiger partial charge in [-0.05, 0) is 43.4 Å². The van der Waals surface area contributed by atoms with Crippen LogP contribution < -0.4 is 0 Å². The van der Waals surface area contributed by atoms with Crippen LogP contribution in [0.25, 0.3) is 0 Å². The summed E-state index contributed by atoms with van der Waals surface area (Å²) >= 11 is 0. The summed E-state index contributed by atoms with van der Waals surface area (Å²) in [7, 11) is -9.89. The number of hydrogen-bond acceptors (Lipinski definition) is 15. The van der Waals surface area contributed by atoms with Crippen LogP contribution in [0.2, 0.25) is 0 Å². The second-order valence-electron chi connectivity index (χ2n) is 26.0. The number of ether oxygens (including phenoxy) is 4. The van der Waals surface area contributed by atoms with Crippen LogP contribution in [0.1, 0.15) is 337 Å². The van der Waals surface area contributed by atoms with Gasteiger partial charge in [0, 0.05) is 25.7 Å². The summed E-state index contributed by atoms with van der Waals surface area (Å²) in [6.07, 6.45) is 41.7. The molecule has 516 valence electrons. The largest absolute Gasteiger partial charge is 0.472 e. The van der Waals surface area contributed by atoms with E-state index in [1.165, 1.54) is 148 Å². The van der Waals surface area contributed by atoms with Crippen LogP contribution in [0, 0.1) is 17.8 Å². The Kier molecular flexibility index (Phi) is 57.8. The SMILES string of the molecule is CCCCCCCCCCCC(=O)OC[C@H](COP(=O)(O)OC[C@H](O)COP(=O)(O)OC[C@@H](COC(=O)CCCCCCCCCCCCC(C)C)OC(=O)CCCCCCCCCCCCCCC(C)C)OC(=O)CCCCCCCCCC(C)C. The van der Waals surface area contributed by atoms with Gasteiger partial charge in [0.2, 0.25) is 0 Å². The van der Waals surface area contributed by atoms with Crippen molar-refractivity contribution in [2.45, 2.75) is 356 Å². The molecule has 2 unspecified atom stereocenters. The van der Waals surface area contributed by atoms with E-state index < -0.39 is 97.5 Å². The summed E-state index contributed by atoms with van der Waals surface area (Å²) in [6.45, 7) is 11.8. The fourth-order valence-electron chi connectivity index (χ4n) is 10.2. The zero-order chi connectivity index (χ0) is 64.5. The summed E-state index contributed by atoms with van der Waals surface area (Å²) in [4.78, 5) is 72.4. The summed E-state index contributed by atoms with van der Waals surface area (Å²) in [5.41, 5.74) is 0. The average Bonchev–Trinajstić information content (AvgIpc) is 3.69. The minimum Gasteiger partial charge on any atom is -0.462 e. The van der Waals surface area contributed by atoms with Crippen molar-refractivity contribution in [3.63, 3.8) is 0 Å². The zero-order valence-corrected chi connectivity index (χ0v) is 58.3. The standard InChI is InChI=1S/C68H132O17P2/c1-8-9-10-11-12-19-28-35-42-49-65(70)78-56-64(85-68(73)52-45-38-31-24-27-34-41-48-61(6)7)58-83-87(76,77)81-54-62(69)53-80-86(74,75)82-57-63(55-79-66(71)50-43-36-29-22-18-17-21-26-33-40-47-60(4)5)84-67(72)51-44-37-30-23-16-14-13-15-20-25-32-39-46-59(2)3/h59-64,69H,8-58H2,1-7H3,(H,74,75)(H,76,77)/t62-,63-,64-/m1/s1. The number of phosphoric acid groups is 2. The highest BCUT2D eigenvalue weighted by atomic mass is 31.2. The molecule has 0 spiro atoms. The Morgan fingerprint density at radius 3 is 0.782 bits per heavy atom. The van der Waals surface area contributed by atoms with E-state index in [1.807, 2.05) is 0 Å². The molecule has 17 nitrogen and oxygen atoms in total. The smallest absolute Gasteiger partial charge is 0.462 e. The van der Waals surface area contributed by atoms with E-state index in [9.17, 15) is 43.2 Å². The van der Waals surface area contributed by atoms with Gasteiger partial charge in [-0.15, -0.1) is 0 Å². The van der Waals surface area contributed by atoms with Crippen molar-refractivity contribution in [3.8, 4) is 0 Å². The van der Waals surface area contributed by atoms with Crippen molar-refractivity contribution in [1.82, 2.24) is 0 Å². The fourth-order valence-corrected chi connectivity index (χ4v) is 11.8. The molecular formula is C68H132O17P2. The van der Waals surface area contributed by atoms with Crippen molar-refractivity contribution in [2.75, 3.05) is 39.6 Å². The lowest BCUT2D eigenvalue weighted by atomic mass is 10.0. The molecule has 19 heteroatoms. The van der Waals surface area contributed by atoms with E-state index in [4.69, 9.17) is 37.0 Å². The maximum absolute atomic E-state index is 13.0. The van der Waals surface area contributed by atoms with Gasteiger partial charge in [-0.25, -0.2) is 9.13 Å². The second kappa shape index (κ2) is 59.1. The quantitative estimate of drug-likeness (QED) is 0.0222. The van der Waals surface area contributed by atoms with Gasteiger partial charge in [0.25, 0.3) is 0 Å². The number of hydrogen-bond donors (Lipinski definition) is 3. The summed E-state index contributed by atoms with van der Waals surface area (Å²) in [6, 6.07) is 0. The molecule has 0 bridgehead atoms. The Morgan fingerprint density at radius 1 is 0.310 bits per heavy atom. The van der Waals surface area contributed by atoms with Gasteiger partial charge in [-0.1, -0.05) is 286 Å². The van der Waals surface area contributed by atoms with E-state index in [-0.39, 0.29) is 25.7 Å². The molecule has 5 atom stereocenters. The van der Waals surface area contributed by atoms with Gasteiger partial charge in [-0.2, -0.15) is 0 Å². The van der Waals surface area contributed by atoms with Gasteiger partial charge < -0.3 is 33.8 Å². The molecule has 87 heavy (non-hydrogen) atoms. The number of rotatable bonds is 66. The van der Waals surface area contributed by atoms with Crippen LogP contribution in [0.4, 0.5) is 0 Å². The van der Waals surface area contributed by atoms with Crippen molar-refractivity contribution >= 4 is 39.5 Å². The Morgan fingerprint density at radius 2 is 0.529 bits per heavy atom. The van der Waals surface area contributed by atoms with E-state index >= 15 is 0 Å². The number of esters is 4. The molecule has 0 heterocycles. The van der Waals surface area contributed by atoms with Crippen LogP contribution in [-0.4, -0.2) is 96.7 Å². The first-order valence-corrected chi connectivity index (χ1v) is 38.3. The number of unbranched alkanes of at least 4 members (excludes halogenated alkanes) is 34. The van der Waals surface area contributed by atoms with Crippen molar-refractivity contribution < 1.29 is 80.2 Å². The topological polar surface area (TPSA) is 237 Å². The number of carbonyl (C=O) groups is 4. The summed E-state index contributed by atoms with van der Waals surface area (Å²) < 4.78 is 68.1. The van der Waals surface area contributed by atoms with Crippen molar-refractivity contribution in [1.29, 1.82) is 0 Å². The number of aliphatic hydroxyl groups is 1. The van der Waals surface area contributed by atoms with Crippen LogP contribution >= 0.6 is 15.6 Å². The van der Waals surface area contributed by atoms with Crippen LogP contribution in [0.3, 0.4) is 0 Å². The molecule has 0 saturated carbocycles. The van der Waals surface area contributed by atoms with Crippen molar-refractivity contribution in [3.05, 3.63) is 0 Å². The van der Waals surface area contributed by atoms with Crippen LogP contribution in [0.5, 0.6) is 0 Å². The molecule has 3 N–H and O–H groups in total. The molecule has 0 aliphatic rings.